The predicted octanol–water partition coefficient (Wildman–Crippen LogP) is 13.0. The van der Waals surface area contributed by atoms with Gasteiger partial charge in [-0.3, -0.25) is 4.79 Å². The molecule has 0 heterocycles. The molecular formula is C48H95NO5. The first-order valence-corrected chi connectivity index (χ1v) is 24.1. The van der Waals surface area contributed by atoms with E-state index in [0.717, 1.165) is 57.8 Å². The minimum Gasteiger partial charge on any atom is -0.394 e. The summed E-state index contributed by atoms with van der Waals surface area (Å²) in [6.45, 7) is 4.01. The van der Waals surface area contributed by atoms with Gasteiger partial charge in [-0.05, 0) is 32.1 Å². The summed E-state index contributed by atoms with van der Waals surface area (Å²) in [4.78, 5) is 12.4. The van der Waals surface area contributed by atoms with E-state index >= 15 is 0 Å². The van der Waals surface area contributed by atoms with Crippen LogP contribution in [0, 0.1) is 0 Å². The number of rotatable bonds is 44. The third-order valence-corrected chi connectivity index (χ3v) is 11.5. The van der Waals surface area contributed by atoms with Crippen molar-refractivity contribution in [2.75, 3.05) is 6.61 Å². The van der Waals surface area contributed by atoms with Crippen LogP contribution in [0.2, 0.25) is 0 Å². The summed E-state index contributed by atoms with van der Waals surface area (Å²) in [5.41, 5.74) is 0. The molecule has 0 fully saturated rings. The summed E-state index contributed by atoms with van der Waals surface area (Å²) in [6, 6.07) is -0.986. The number of hydrogen-bond donors (Lipinski definition) is 5. The lowest BCUT2D eigenvalue weighted by molar-refractivity contribution is -0.132. The van der Waals surface area contributed by atoms with Crippen LogP contribution in [0.3, 0.4) is 0 Å². The van der Waals surface area contributed by atoms with Crippen LogP contribution in [-0.2, 0) is 4.79 Å². The zero-order valence-corrected chi connectivity index (χ0v) is 36.2. The number of allylic oxidation sites excluding steroid dienone is 2. The van der Waals surface area contributed by atoms with Crippen LogP contribution in [0.4, 0.5) is 0 Å². The van der Waals surface area contributed by atoms with Crippen molar-refractivity contribution in [1.82, 2.24) is 5.32 Å². The van der Waals surface area contributed by atoms with Crippen LogP contribution in [-0.4, -0.2) is 57.3 Å². The van der Waals surface area contributed by atoms with E-state index in [1.54, 1.807) is 0 Å². The Bertz CT molecular complexity index is 776. The number of aliphatic hydroxyl groups is 4. The van der Waals surface area contributed by atoms with Crippen molar-refractivity contribution in [3.05, 3.63) is 12.2 Å². The maximum atomic E-state index is 12.4. The largest absolute Gasteiger partial charge is 0.394 e. The predicted molar refractivity (Wildman–Crippen MR) is 233 cm³/mol. The van der Waals surface area contributed by atoms with Crippen molar-refractivity contribution in [1.29, 1.82) is 0 Å². The third kappa shape index (κ3) is 36.7. The minimum atomic E-state index is -1.26. The van der Waals surface area contributed by atoms with Crippen LogP contribution < -0.4 is 5.32 Å². The average Bonchev–Trinajstić information content (AvgIpc) is 3.18. The molecule has 6 nitrogen and oxygen atoms in total. The van der Waals surface area contributed by atoms with Crippen molar-refractivity contribution in [3.8, 4) is 0 Å². The molecule has 0 spiro atoms. The number of aliphatic hydroxyl groups excluding tert-OH is 4. The Morgan fingerprint density at radius 2 is 0.759 bits per heavy atom. The second-order valence-corrected chi connectivity index (χ2v) is 16.8. The van der Waals surface area contributed by atoms with Gasteiger partial charge in [0.15, 0.2) is 0 Å². The lowest BCUT2D eigenvalue weighted by atomic mass is 9.99. The van der Waals surface area contributed by atoms with Gasteiger partial charge < -0.3 is 25.7 Å². The maximum Gasteiger partial charge on any atom is 0.249 e. The standard InChI is InChI=1S/C48H95NO5/c1-3-5-7-9-11-13-15-16-17-18-19-20-21-22-23-24-25-26-27-28-29-30-31-32-34-35-37-39-41-45(51)47(53)44(43-50)49-48(54)46(52)42-40-38-36-33-14-12-10-8-6-4-2/h10,12,44-47,50-53H,3-9,11,13-43H2,1-2H3,(H,49,54)/b12-10-. The molecule has 0 aliphatic carbocycles. The van der Waals surface area contributed by atoms with E-state index in [9.17, 15) is 25.2 Å². The third-order valence-electron chi connectivity index (χ3n) is 11.5. The van der Waals surface area contributed by atoms with E-state index in [4.69, 9.17) is 0 Å². The van der Waals surface area contributed by atoms with Gasteiger partial charge in [0, 0.05) is 0 Å². The number of unbranched alkanes of at least 4 members (excludes halogenated alkanes) is 33. The Labute approximate surface area is 336 Å². The zero-order chi connectivity index (χ0) is 39.6. The van der Waals surface area contributed by atoms with E-state index in [-0.39, 0.29) is 0 Å². The molecule has 0 bridgehead atoms. The quantitative estimate of drug-likeness (QED) is 0.0313. The molecule has 322 valence electrons. The van der Waals surface area contributed by atoms with Gasteiger partial charge in [-0.1, -0.05) is 238 Å². The summed E-state index contributed by atoms with van der Waals surface area (Å²) in [5, 5.41) is 43.6. The molecule has 0 aliphatic heterocycles. The van der Waals surface area contributed by atoms with Gasteiger partial charge in [0.05, 0.1) is 18.8 Å². The topological polar surface area (TPSA) is 110 Å². The molecule has 54 heavy (non-hydrogen) atoms. The molecular weight excluding hydrogens is 671 g/mol. The second kappa shape index (κ2) is 43.2. The van der Waals surface area contributed by atoms with Gasteiger partial charge in [0.25, 0.3) is 0 Å². The van der Waals surface area contributed by atoms with E-state index in [1.807, 2.05) is 0 Å². The fraction of sp³-hybridized carbons (Fsp3) is 0.938. The van der Waals surface area contributed by atoms with E-state index in [0.29, 0.717) is 12.8 Å². The average molecular weight is 766 g/mol. The molecule has 0 aromatic heterocycles. The highest BCUT2D eigenvalue weighted by atomic mass is 16.3. The molecule has 6 heteroatoms. The zero-order valence-electron chi connectivity index (χ0n) is 36.2. The molecule has 0 saturated heterocycles. The van der Waals surface area contributed by atoms with Crippen molar-refractivity contribution in [2.45, 2.75) is 282 Å². The molecule has 0 rings (SSSR count). The first kappa shape index (κ1) is 53.0. The molecule has 0 aromatic rings. The number of carbonyl (C=O) groups excluding carboxylic acids is 1. The highest BCUT2D eigenvalue weighted by Crippen LogP contribution is 2.18. The van der Waals surface area contributed by atoms with Crippen LogP contribution in [0.5, 0.6) is 0 Å². The number of amides is 1. The molecule has 4 atom stereocenters. The number of carbonyl (C=O) groups is 1. The molecule has 0 radical (unpaired) electrons. The van der Waals surface area contributed by atoms with Gasteiger partial charge >= 0.3 is 0 Å². The summed E-state index contributed by atoms with van der Waals surface area (Å²) >= 11 is 0. The van der Waals surface area contributed by atoms with Gasteiger partial charge in [0.2, 0.25) is 5.91 Å². The van der Waals surface area contributed by atoms with E-state index < -0.39 is 36.9 Å². The first-order valence-electron chi connectivity index (χ1n) is 24.1. The van der Waals surface area contributed by atoms with Crippen LogP contribution in [0.25, 0.3) is 0 Å². The normalized spacial score (nSPS) is 14.1. The lowest BCUT2D eigenvalue weighted by Crippen LogP contribution is -2.53. The molecule has 5 N–H and O–H groups in total. The Hall–Kier alpha value is -0.950. The smallest absolute Gasteiger partial charge is 0.249 e. The molecule has 0 aliphatic rings. The van der Waals surface area contributed by atoms with Crippen molar-refractivity contribution < 1.29 is 25.2 Å². The number of hydrogen-bond acceptors (Lipinski definition) is 5. The van der Waals surface area contributed by atoms with Crippen molar-refractivity contribution in [2.24, 2.45) is 0 Å². The van der Waals surface area contributed by atoms with Gasteiger partial charge in [-0.2, -0.15) is 0 Å². The molecule has 1 amide bonds. The van der Waals surface area contributed by atoms with E-state index in [2.05, 4.69) is 31.3 Å². The second-order valence-electron chi connectivity index (χ2n) is 16.8. The Kier molecular flexibility index (Phi) is 42.4. The fourth-order valence-corrected chi connectivity index (χ4v) is 7.62. The summed E-state index contributed by atoms with van der Waals surface area (Å²) in [7, 11) is 0. The summed E-state index contributed by atoms with van der Waals surface area (Å²) < 4.78 is 0. The highest BCUT2D eigenvalue weighted by molar-refractivity contribution is 5.80. The summed E-state index contributed by atoms with van der Waals surface area (Å²) in [6.07, 6.45) is 48.5. The fourth-order valence-electron chi connectivity index (χ4n) is 7.62. The van der Waals surface area contributed by atoms with E-state index in [1.165, 1.54) is 173 Å². The van der Waals surface area contributed by atoms with Crippen molar-refractivity contribution >= 4 is 5.91 Å². The first-order chi connectivity index (χ1) is 26.5. The maximum absolute atomic E-state index is 12.4. The molecule has 0 saturated carbocycles. The Morgan fingerprint density at radius 3 is 1.13 bits per heavy atom. The monoisotopic (exact) mass is 766 g/mol. The number of nitrogens with one attached hydrogen (secondary N) is 1. The van der Waals surface area contributed by atoms with Crippen LogP contribution in [0.1, 0.15) is 258 Å². The van der Waals surface area contributed by atoms with Crippen LogP contribution in [0.15, 0.2) is 12.2 Å². The van der Waals surface area contributed by atoms with Gasteiger partial charge in [-0.25, -0.2) is 0 Å². The SMILES string of the molecule is CCCC/C=C\CCCCCCC(O)C(=O)NC(CO)C(O)C(O)CCCCCCCCCCCCCCCCCCCCCCCCCCCCCC. The van der Waals surface area contributed by atoms with Gasteiger partial charge in [-0.15, -0.1) is 0 Å². The molecule has 4 unspecified atom stereocenters. The molecule has 0 aromatic carbocycles. The lowest BCUT2D eigenvalue weighted by Gasteiger charge is -2.27. The Balaban J connectivity index is 3.56. The van der Waals surface area contributed by atoms with Gasteiger partial charge in [0.1, 0.15) is 12.2 Å². The highest BCUT2D eigenvalue weighted by Gasteiger charge is 2.28. The van der Waals surface area contributed by atoms with Crippen molar-refractivity contribution in [3.63, 3.8) is 0 Å². The summed E-state index contributed by atoms with van der Waals surface area (Å²) in [5.74, 6) is -0.593. The minimum absolute atomic E-state index is 0.356. The Morgan fingerprint density at radius 1 is 0.444 bits per heavy atom. The van der Waals surface area contributed by atoms with Crippen LogP contribution >= 0.6 is 0 Å².